The molecule has 0 heterocycles. The molecule has 0 bridgehead atoms. The van der Waals surface area contributed by atoms with Crippen LogP contribution in [0.15, 0.2) is 53.0 Å². The Kier molecular flexibility index (Phi) is 4.53. The molecule has 0 saturated heterocycles. The topological polar surface area (TPSA) is 66.4 Å². The summed E-state index contributed by atoms with van der Waals surface area (Å²) in [5.41, 5.74) is 1.38. The van der Waals surface area contributed by atoms with Gasteiger partial charge in [0.25, 0.3) is 5.91 Å². The molecule has 0 radical (unpaired) electrons. The number of nitrogens with one attached hydrogen (secondary N) is 1. The van der Waals surface area contributed by atoms with E-state index in [0.717, 1.165) is 10.0 Å². The van der Waals surface area contributed by atoms with Gasteiger partial charge in [0.15, 0.2) is 0 Å². The third-order valence-corrected chi connectivity index (χ3v) is 3.54. The molecule has 0 aliphatic heterocycles. The van der Waals surface area contributed by atoms with Gasteiger partial charge in [-0.15, -0.1) is 0 Å². The SMILES string of the molecule is O=C(O)c1cccc(C(=O)NCc2ccccc2Br)c1. The van der Waals surface area contributed by atoms with Gasteiger partial charge in [-0.05, 0) is 29.8 Å². The first-order valence-corrected chi connectivity index (χ1v) is 6.72. The van der Waals surface area contributed by atoms with E-state index in [-0.39, 0.29) is 11.5 Å². The van der Waals surface area contributed by atoms with Gasteiger partial charge in [0.05, 0.1) is 5.56 Å². The summed E-state index contributed by atoms with van der Waals surface area (Å²) < 4.78 is 0.916. The number of halogens is 1. The highest BCUT2D eigenvalue weighted by atomic mass is 79.9. The largest absolute Gasteiger partial charge is 0.478 e. The lowest BCUT2D eigenvalue weighted by atomic mass is 10.1. The maximum Gasteiger partial charge on any atom is 0.335 e. The summed E-state index contributed by atoms with van der Waals surface area (Å²) >= 11 is 3.40. The molecule has 5 heteroatoms. The van der Waals surface area contributed by atoms with Crippen LogP contribution >= 0.6 is 15.9 Å². The van der Waals surface area contributed by atoms with E-state index >= 15 is 0 Å². The first-order valence-electron chi connectivity index (χ1n) is 5.93. The molecule has 2 rings (SSSR count). The van der Waals surface area contributed by atoms with E-state index in [1.165, 1.54) is 12.1 Å². The standard InChI is InChI=1S/C15H12BrNO3/c16-13-7-2-1-4-12(13)9-17-14(18)10-5-3-6-11(8-10)15(19)20/h1-8H,9H2,(H,17,18)(H,19,20). The minimum atomic E-state index is -1.05. The highest BCUT2D eigenvalue weighted by Crippen LogP contribution is 2.15. The predicted octanol–water partition coefficient (Wildman–Crippen LogP) is 3.08. The van der Waals surface area contributed by atoms with Crippen LogP contribution in [0.1, 0.15) is 26.3 Å². The Morgan fingerprint density at radius 1 is 1.05 bits per heavy atom. The zero-order valence-electron chi connectivity index (χ0n) is 10.5. The second-order valence-corrected chi connectivity index (χ2v) is 5.01. The summed E-state index contributed by atoms with van der Waals surface area (Å²) in [5.74, 6) is -1.35. The van der Waals surface area contributed by atoms with E-state index in [1.807, 2.05) is 24.3 Å². The normalized spacial score (nSPS) is 10.1. The number of carbonyl (C=O) groups is 2. The van der Waals surface area contributed by atoms with Crippen LogP contribution in [0.3, 0.4) is 0 Å². The van der Waals surface area contributed by atoms with Crippen LogP contribution in [0.5, 0.6) is 0 Å². The van der Waals surface area contributed by atoms with Gasteiger partial charge in [-0.3, -0.25) is 4.79 Å². The molecule has 0 aliphatic carbocycles. The van der Waals surface area contributed by atoms with Gasteiger partial charge in [-0.1, -0.05) is 40.2 Å². The summed E-state index contributed by atoms with van der Waals surface area (Å²) in [5, 5.41) is 11.7. The van der Waals surface area contributed by atoms with Gasteiger partial charge >= 0.3 is 5.97 Å². The number of rotatable bonds is 4. The van der Waals surface area contributed by atoms with Crippen LogP contribution in [0, 0.1) is 0 Å². The van der Waals surface area contributed by atoms with Crippen LogP contribution in [-0.4, -0.2) is 17.0 Å². The maximum absolute atomic E-state index is 12.0. The maximum atomic E-state index is 12.0. The molecular formula is C15H12BrNO3. The highest BCUT2D eigenvalue weighted by Gasteiger charge is 2.09. The molecule has 2 aromatic carbocycles. The third kappa shape index (κ3) is 3.45. The van der Waals surface area contributed by atoms with Crippen molar-refractivity contribution in [3.8, 4) is 0 Å². The Labute approximate surface area is 124 Å². The van der Waals surface area contributed by atoms with Gasteiger partial charge in [-0.25, -0.2) is 4.79 Å². The van der Waals surface area contributed by atoms with Crippen molar-refractivity contribution in [3.63, 3.8) is 0 Å². The lowest BCUT2D eigenvalue weighted by molar-refractivity contribution is 0.0697. The van der Waals surface area contributed by atoms with E-state index in [4.69, 9.17) is 5.11 Å². The van der Waals surface area contributed by atoms with Crippen molar-refractivity contribution in [2.24, 2.45) is 0 Å². The number of hydrogen-bond acceptors (Lipinski definition) is 2. The molecule has 0 atom stereocenters. The van der Waals surface area contributed by atoms with Crippen molar-refractivity contribution in [1.29, 1.82) is 0 Å². The summed E-state index contributed by atoms with van der Waals surface area (Å²) in [6, 6.07) is 13.5. The summed E-state index contributed by atoms with van der Waals surface area (Å²) in [6.07, 6.45) is 0. The quantitative estimate of drug-likeness (QED) is 0.903. The minimum Gasteiger partial charge on any atom is -0.478 e. The number of amides is 1. The van der Waals surface area contributed by atoms with Crippen molar-refractivity contribution in [2.75, 3.05) is 0 Å². The average molecular weight is 334 g/mol. The molecular weight excluding hydrogens is 322 g/mol. The van der Waals surface area contributed by atoms with Crippen LogP contribution < -0.4 is 5.32 Å². The van der Waals surface area contributed by atoms with Crippen molar-refractivity contribution in [1.82, 2.24) is 5.32 Å². The van der Waals surface area contributed by atoms with Gasteiger partial charge in [-0.2, -0.15) is 0 Å². The van der Waals surface area contributed by atoms with Gasteiger partial charge in [0, 0.05) is 16.6 Å². The fraction of sp³-hybridized carbons (Fsp3) is 0.0667. The lowest BCUT2D eigenvalue weighted by Crippen LogP contribution is -2.23. The monoisotopic (exact) mass is 333 g/mol. The fourth-order valence-corrected chi connectivity index (χ4v) is 2.14. The first kappa shape index (κ1) is 14.3. The Balaban J connectivity index is 2.07. The van der Waals surface area contributed by atoms with E-state index in [0.29, 0.717) is 12.1 Å². The molecule has 0 aliphatic rings. The van der Waals surface area contributed by atoms with Crippen LogP contribution in [-0.2, 0) is 6.54 Å². The molecule has 0 fully saturated rings. The molecule has 2 aromatic rings. The second-order valence-electron chi connectivity index (χ2n) is 4.16. The number of carboxylic acids is 1. The molecule has 20 heavy (non-hydrogen) atoms. The van der Waals surface area contributed by atoms with Gasteiger partial charge in [0.1, 0.15) is 0 Å². The van der Waals surface area contributed by atoms with E-state index in [2.05, 4.69) is 21.2 Å². The van der Waals surface area contributed by atoms with Crippen molar-refractivity contribution in [3.05, 3.63) is 69.7 Å². The first-order chi connectivity index (χ1) is 9.58. The van der Waals surface area contributed by atoms with Gasteiger partial charge in [0.2, 0.25) is 0 Å². The number of carboxylic acid groups (broad SMARTS) is 1. The average Bonchev–Trinajstić information content (AvgIpc) is 2.46. The zero-order chi connectivity index (χ0) is 14.5. The predicted molar refractivity (Wildman–Crippen MR) is 78.7 cm³/mol. The Morgan fingerprint density at radius 2 is 1.75 bits per heavy atom. The lowest BCUT2D eigenvalue weighted by Gasteiger charge is -2.07. The third-order valence-electron chi connectivity index (χ3n) is 2.77. The highest BCUT2D eigenvalue weighted by molar-refractivity contribution is 9.10. The molecule has 0 aromatic heterocycles. The molecule has 4 nitrogen and oxygen atoms in total. The minimum absolute atomic E-state index is 0.0959. The molecule has 0 spiro atoms. The molecule has 2 N–H and O–H groups in total. The molecule has 0 saturated carbocycles. The summed E-state index contributed by atoms with van der Waals surface area (Å²) in [4.78, 5) is 22.8. The molecule has 102 valence electrons. The fourth-order valence-electron chi connectivity index (χ4n) is 1.71. The molecule has 1 amide bonds. The number of aromatic carboxylic acids is 1. The summed E-state index contributed by atoms with van der Waals surface area (Å²) in [6.45, 7) is 0.373. The second kappa shape index (κ2) is 6.34. The smallest absolute Gasteiger partial charge is 0.335 e. The number of carbonyl (C=O) groups excluding carboxylic acids is 1. The van der Waals surface area contributed by atoms with Crippen LogP contribution in [0.25, 0.3) is 0 Å². The van der Waals surface area contributed by atoms with E-state index in [9.17, 15) is 9.59 Å². The van der Waals surface area contributed by atoms with Gasteiger partial charge < -0.3 is 10.4 Å². The van der Waals surface area contributed by atoms with Crippen molar-refractivity contribution >= 4 is 27.8 Å². The van der Waals surface area contributed by atoms with E-state index < -0.39 is 5.97 Å². The Bertz CT molecular complexity index is 655. The summed E-state index contributed by atoms with van der Waals surface area (Å²) in [7, 11) is 0. The Morgan fingerprint density at radius 3 is 2.45 bits per heavy atom. The van der Waals surface area contributed by atoms with Crippen LogP contribution in [0.4, 0.5) is 0 Å². The number of benzene rings is 2. The Hall–Kier alpha value is -2.14. The van der Waals surface area contributed by atoms with Crippen molar-refractivity contribution in [2.45, 2.75) is 6.54 Å². The number of hydrogen-bond donors (Lipinski definition) is 2. The molecule has 0 unspecified atom stereocenters. The van der Waals surface area contributed by atoms with Crippen molar-refractivity contribution < 1.29 is 14.7 Å². The van der Waals surface area contributed by atoms with E-state index in [1.54, 1.807) is 12.1 Å². The zero-order valence-corrected chi connectivity index (χ0v) is 12.1. The van der Waals surface area contributed by atoms with Crippen LogP contribution in [0.2, 0.25) is 0 Å².